The van der Waals surface area contributed by atoms with Crippen LogP contribution in [0.1, 0.15) is 12.6 Å². The number of hydrogen-bond acceptors (Lipinski definition) is 9. The summed E-state index contributed by atoms with van der Waals surface area (Å²) < 4.78 is 6.10. The lowest BCUT2D eigenvalue weighted by Gasteiger charge is -2.17. The number of carbonyl (C=O) groups is 2. The molecule has 1 aliphatic rings. The van der Waals surface area contributed by atoms with Gasteiger partial charge in [-0.05, 0) is 17.8 Å². The third-order valence-electron chi connectivity index (χ3n) is 3.71. The van der Waals surface area contributed by atoms with Gasteiger partial charge in [-0.15, -0.1) is 0 Å². The fourth-order valence-electron chi connectivity index (χ4n) is 2.34. The van der Waals surface area contributed by atoms with Crippen LogP contribution in [0.4, 0.5) is 5.82 Å². The van der Waals surface area contributed by atoms with Gasteiger partial charge in [0.15, 0.2) is 6.23 Å². The summed E-state index contributed by atoms with van der Waals surface area (Å²) in [6, 6.07) is -0.103. The number of aliphatic hydroxyl groups excluding tert-OH is 3. The molecule has 0 radical (unpaired) electrons. The minimum Gasteiger partial charge on any atom is -0.480 e. The van der Waals surface area contributed by atoms with Crippen molar-refractivity contribution in [3.8, 4) is 0 Å². The number of hydrogen-bond donors (Lipinski definition) is 6. The van der Waals surface area contributed by atoms with Gasteiger partial charge in [0.05, 0.1) is 13.0 Å². The van der Waals surface area contributed by atoms with Crippen LogP contribution in [0.3, 0.4) is 0 Å². The van der Waals surface area contributed by atoms with Crippen LogP contribution in [-0.2, 0) is 14.3 Å². The van der Waals surface area contributed by atoms with E-state index in [-0.39, 0.29) is 5.82 Å². The Kier molecular flexibility index (Phi) is 6.63. The fraction of sp³-hybridized carbons (Fsp3) is 0.538. The van der Waals surface area contributed by atoms with E-state index in [1.165, 1.54) is 12.3 Å². The second-order valence-electron chi connectivity index (χ2n) is 5.48. The lowest BCUT2D eigenvalue weighted by atomic mass is 10.1. The number of nitrogens with one attached hydrogen (secondary N) is 2. The van der Waals surface area contributed by atoms with Gasteiger partial charge in [-0.2, -0.15) is 4.98 Å². The molecule has 26 heavy (non-hydrogen) atoms. The molecule has 1 aliphatic heterocycles. The Bertz CT molecular complexity index is 728. The molecule has 1 amide bonds. The van der Waals surface area contributed by atoms with E-state index in [2.05, 4.69) is 10.3 Å². The number of carboxylic acid groups (broad SMARTS) is 1. The van der Waals surface area contributed by atoms with Crippen LogP contribution < -0.4 is 15.8 Å². The number of carbonyl (C=O) groups excluding carboxylic acids is 1. The molecule has 12 nitrogen and oxygen atoms in total. The van der Waals surface area contributed by atoms with Gasteiger partial charge < -0.3 is 30.5 Å². The first-order chi connectivity index (χ1) is 12.3. The number of rotatable bonds is 7. The van der Waals surface area contributed by atoms with Gasteiger partial charge in [0, 0.05) is 6.20 Å². The quantitative estimate of drug-likeness (QED) is 0.268. The monoisotopic (exact) mass is 392 g/mol. The van der Waals surface area contributed by atoms with E-state index < -0.39 is 61.2 Å². The first-order valence-electron chi connectivity index (χ1n) is 7.39. The van der Waals surface area contributed by atoms with Gasteiger partial charge in [-0.25, -0.2) is 9.63 Å². The van der Waals surface area contributed by atoms with E-state index in [0.717, 1.165) is 4.57 Å². The van der Waals surface area contributed by atoms with Crippen LogP contribution >= 0.6 is 11.8 Å². The molecule has 1 aromatic rings. The van der Waals surface area contributed by atoms with Crippen LogP contribution in [-0.4, -0.2) is 72.8 Å². The van der Waals surface area contributed by atoms with E-state index >= 15 is 0 Å². The first-order valence-corrected chi connectivity index (χ1v) is 7.76. The zero-order valence-electron chi connectivity index (χ0n) is 13.1. The van der Waals surface area contributed by atoms with E-state index in [4.69, 9.17) is 26.7 Å². The Morgan fingerprint density at radius 3 is 2.58 bits per heavy atom. The lowest BCUT2D eigenvalue weighted by molar-refractivity contribution is -0.140. The summed E-state index contributed by atoms with van der Waals surface area (Å²) in [4.78, 5) is 40.2. The number of aromatic nitrogens is 2. The van der Waals surface area contributed by atoms with Crippen LogP contribution in [0, 0.1) is 0 Å². The molecule has 2 unspecified atom stereocenters. The fourth-order valence-corrected chi connectivity index (χ4v) is 2.51. The van der Waals surface area contributed by atoms with Crippen molar-refractivity contribution in [1.82, 2.24) is 14.4 Å². The zero-order valence-corrected chi connectivity index (χ0v) is 13.9. The molecule has 5 atom stereocenters. The van der Waals surface area contributed by atoms with Crippen LogP contribution in [0.5, 0.6) is 0 Å². The average molecular weight is 393 g/mol. The van der Waals surface area contributed by atoms with Crippen molar-refractivity contribution >= 4 is 29.5 Å². The highest BCUT2D eigenvalue weighted by molar-refractivity contribution is 6.15. The van der Waals surface area contributed by atoms with Crippen LogP contribution in [0.25, 0.3) is 0 Å². The Morgan fingerprint density at radius 2 is 2.08 bits per heavy atom. The second kappa shape index (κ2) is 8.53. The Morgan fingerprint density at radius 1 is 1.38 bits per heavy atom. The van der Waals surface area contributed by atoms with Gasteiger partial charge in [-0.3, -0.25) is 14.2 Å². The van der Waals surface area contributed by atoms with Gasteiger partial charge in [0.25, 0.3) is 0 Å². The standard InChI is InChI=1S/C13H17ClN4O8/c14-17-5(12(23)24)3-8(20)15-7-1-2-18(13(25)16-7)11-10(22)9(21)6(4-19)26-11/h1-2,5-6,9-11,17,19,21-22H,3-4H2,(H,23,24)(H,15,16,20,25)/t5-,6+,9?,10?,11+/m0/s1. The molecule has 1 fully saturated rings. The van der Waals surface area contributed by atoms with Crippen LogP contribution in [0.2, 0.25) is 0 Å². The predicted molar refractivity (Wildman–Crippen MR) is 85.2 cm³/mol. The molecule has 0 aromatic carbocycles. The van der Waals surface area contributed by atoms with Gasteiger partial charge in [0.1, 0.15) is 30.2 Å². The summed E-state index contributed by atoms with van der Waals surface area (Å²) in [7, 11) is 0. The number of ether oxygens (including phenoxy) is 1. The topological polar surface area (TPSA) is 183 Å². The molecule has 1 saturated heterocycles. The van der Waals surface area contributed by atoms with Gasteiger partial charge in [0.2, 0.25) is 5.91 Å². The minimum atomic E-state index is -1.46. The number of carboxylic acids is 1. The zero-order chi connectivity index (χ0) is 19.4. The van der Waals surface area contributed by atoms with E-state index in [1.54, 1.807) is 0 Å². The summed E-state index contributed by atoms with van der Waals surface area (Å²) in [5.74, 6) is -2.23. The van der Waals surface area contributed by atoms with Crippen molar-refractivity contribution in [2.24, 2.45) is 0 Å². The lowest BCUT2D eigenvalue weighted by Crippen LogP contribution is -2.37. The highest BCUT2D eigenvalue weighted by atomic mass is 35.5. The van der Waals surface area contributed by atoms with Crippen LogP contribution in [0.15, 0.2) is 17.1 Å². The number of nitrogens with zero attached hydrogens (tertiary/aromatic N) is 2. The average Bonchev–Trinajstić information content (AvgIpc) is 2.87. The summed E-state index contributed by atoms with van der Waals surface area (Å²) in [5, 5.41) is 39.7. The summed E-state index contributed by atoms with van der Waals surface area (Å²) in [6.07, 6.45) is -4.50. The molecule has 144 valence electrons. The number of amides is 1. The maximum Gasteiger partial charge on any atom is 0.351 e. The third-order valence-corrected chi connectivity index (χ3v) is 3.97. The molecular weight excluding hydrogens is 376 g/mol. The van der Waals surface area contributed by atoms with Crippen molar-refractivity contribution in [1.29, 1.82) is 0 Å². The molecule has 0 aliphatic carbocycles. The minimum absolute atomic E-state index is 0.151. The number of anilines is 1. The number of aliphatic hydroxyl groups is 3. The molecule has 0 saturated carbocycles. The van der Waals surface area contributed by atoms with Crippen molar-refractivity contribution in [2.75, 3.05) is 11.9 Å². The summed E-state index contributed by atoms with van der Waals surface area (Å²) >= 11 is 5.22. The third kappa shape index (κ3) is 4.35. The number of aliphatic carboxylic acids is 1. The van der Waals surface area contributed by atoms with Gasteiger partial charge in [-0.1, -0.05) is 0 Å². The van der Waals surface area contributed by atoms with Crippen molar-refractivity contribution in [2.45, 2.75) is 37.0 Å². The van der Waals surface area contributed by atoms with Crippen molar-refractivity contribution < 1.29 is 34.8 Å². The first kappa shape index (κ1) is 20.2. The molecule has 2 rings (SSSR count). The number of halogens is 1. The Labute approximate surface area is 151 Å². The van der Waals surface area contributed by atoms with E-state index in [0.29, 0.717) is 0 Å². The largest absolute Gasteiger partial charge is 0.480 e. The van der Waals surface area contributed by atoms with Gasteiger partial charge >= 0.3 is 11.7 Å². The Balaban J connectivity index is 2.09. The molecular formula is C13H17ClN4O8. The Hall–Kier alpha value is -2.09. The highest BCUT2D eigenvalue weighted by Crippen LogP contribution is 2.28. The maximum atomic E-state index is 12.1. The highest BCUT2D eigenvalue weighted by Gasteiger charge is 2.43. The molecule has 2 heterocycles. The maximum absolute atomic E-state index is 12.1. The molecule has 6 N–H and O–H groups in total. The predicted octanol–water partition coefficient (Wildman–Crippen LogP) is -2.62. The molecule has 0 bridgehead atoms. The second-order valence-corrected chi connectivity index (χ2v) is 5.70. The molecule has 13 heteroatoms. The SMILES string of the molecule is O=C(C[C@H](NCl)C(=O)O)Nc1ccn([C@@H]2O[C@H](CO)C(O)C2O)c(=O)n1. The van der Waals surface area contributed by atoms with E-state index in [1.807, 2.05) is 4.84 Å². The summed E-state index contributed by atoms with van der Waals surface area (Å²) in [5.41, 5.74) is -0.900. The normalized spacial score (nSPS) is 26.5. The molecule has 1 aromatic heterocycles. The van der Waals surface area contributed by atoms with E-state index in [9.17, 15) is 24.6 Å². The summed E-state index contributed by atoms with van der Waals surface area (Å²) in [6.45, 7) is -0.551. The van der Waals surface area contributed by atoms with Crippen molar-refractivity contribution in [3.05, 3.63) is 22.7 Å². The molecule has 0 spiro atoms. The van der Waals surface area contributed by atoms with Crippen molar-refractivity contribution in [3.63, 3.8) is 0 Å². The smallest absolute Gasteiger partial charge is 0.351 e.